The number of carbonyl (C=O) groups excluding carboxylic acids is 1. The zero-order valence-corrected chi connectivity index (χ0v) is 15.3. The fraction of sp³-hybridized carbons (Fsp3) is 0.474. The lowest BCUT2D eigenvalue weighted by Crippen LogP contribution is -2.39. The predicted molar refractivity (Wildman–Crippen MR) is 99.7 cm³/mol. The molecule has 2 aliphatic heterocycles. The van der Waals surface area contributed by atoms with Gasteiger partial charge in [-0.1, -0.05) is 23.7 Å². The Morgan fingerprint density at radius 1 is 1.31 bits per heavy atom. The zero-order chi connectivity index (χ0) is 18.1. The summed E-state index contributed by atoms with van der Waals surface area (Å²) in [5, 5.41) is 0.702. The standard InChI is InChI=1S/C19H23ClN4O2/c20-13-5-3-12(4-6-13)15-11-22-18(23-15)16-2-1-9-24(16)19(25)17-8-7-14(10-21)26-17/h3-6,11,14,16-17H,1-2,7-10,21H2,(H,22,23)/t14-,16?,17+/m1/s1. The minimum Gasteiger partial charge on any atom is -0.364 e. The van der Waals surface area contributed by atoms with Crippen LogP contribution < -0.4 is 5.73 Å². The smallest absolute Gasteiger partial charge is 0.252 e. The first kappa shape index (κ1) is 17.5. The maximum Gasteiger partial charge on any atom is 0.252 e. The van der Waals surface area contributed by atoms with Crippen molar-refractivity contribution in [1.29, 1.82) is 0 Å². The molecule has 0 aliphatic carbocycles. The van der Waals surface area contributed by atoms with Crippen LogP contribution >= 0.6 is 11.6 Å². The summed E-state index contributed by atoms with van der Waals surface area (Å²) in [5.74, 6) is 0.891. The van der Waals surface area contributed by atoms with Crippen LogP contribution in [0, 0.1) is 0 Å². The predicted octanol–water partition coefficient (Wildman–Crippen LogP) is 2.90. The summed E-state index contributed by atoms with van der Waals surface area (Å²) in [7, 11) is 0. The first-order valence-electron chi connectivity index (χ1n) is 9.12. The van der Waals surface area contributed by atoms with Gasteiger partial charge in [0.1, 0.15) is 11.9 Å². The molecule has 1 aromatic heterocycles. The van der Waals surface area contributed by atoms with Gasteiger partial charge in [0.25, 0.3) is 5.91 Å². The second kappa shape index (κ2) is 7.39. The quantitative estimate of drug-likeness (QED) is 0.861. The summed E-state index contributed by atoms with van der Waals surface area (Å²) < 4.78 is 5.80. The van der Waals surface area contributed by atoms with Gasteiger partial charge in [0, 0.05) is 18.1 Å². The fourth-order valence-corrected chi connectivity index (χ4v) is 3.97. The number of halogens is 1. The monoisotopic (exact) mass is 374 g/mol. The second-order valence-electron chi connectivity index (χ2n) is 6.94. The first-order valence-corrected chi connectivity index (χ1v) is 9.50. The molecule has 3 heterocycles. The lowest BCUT2D eigenvalue weighted by Gasteiger charge is -2.26. The van der Waals surface area contributed by atoms with Crippen LogP contribution in [0.5, 0.6) is 0 Å². The highest BCUT2D eigenvalue weighted by Crippen LogP contribution is 2.34. The van der Waals surface area contributed by atoms with Crippen molar-refractivity contribution >= 4 is 17.5 Å². The largest absolute Gasteiger partial charge is 0.364 e. The van der Waals surface area contributed by atoms with E-state index >= 15 is 0 Å². The number of amides is 1. The van der Waals surface area contributed by atoms with Gasteiger partial charge < -0.3 is 20.4 Å². The van der Waals surface area contributed by atoms with Gasteiger partial charge in [-0.2, -0.15) is 0 Å². The van der Waals surface area contributed by atoms with Crippen LogP contribution in [0.3, 0.4) is 0 Å². The van der Waals surface area contributed by atoms with Gasteiger partial charge >= 0.3 is 0 Å². The molecule has 4 rings (SSSR count). The molecule has 1 amide bonds. The van der Waals surface area contributed by atoms with E-state index in [2.05, 4.69) is 9.97 Å². The van der Waals surface area contributed by atoms with Crippen molar-refractivity contribution in [3.63, 3.8) is 0 Å². The third-order valence-electron chi connectivity index (χ3n) is 5.25. The number of nitrogens with two attached hydrogens (primary N) is 1. The number of benzene rings is 1. The molecule has 2 saturated heterocycles. The van der Waals surface area contributed by atoms with Crippen LogP contribution in [-0.2, 0) is 9.53 Å². The summed E-state index contributed by atoms with van der Waals surface area (Å²) in [6.45, 7) is 1.21. The number of H-pyrrole nitrogens is 1. The Morgan fingerprint density at radius 2 is 2.12 bits per heavy atom. The number of rotatable bonds is 4. The number of nitrogens with one attached hydrogen (secondary N) is 1. The molecule has 2 aromatic rings. The van der Waals surface area contributed by atoms with E-state index in [1.165, 1.54) is 0 Å². The van der Waals surface area contributed by atoms with Crippen LogP contribution in [0.25, 0.3) is 11.3 Å². The van der Waals surface area contributed by atoms with Gasteiger partial charge in [0.05, 0.1) is 24.0 Å². The van der Waals surface area contributed by atoms with Crippen molar-refractivity contribution < 1.29 is 9.53 Å². The molecule has 1 aromatic carbocycles. The molecule has 138 valence electrons. The van der Waals surface area contributed by atoms with Gasteiger partial charge in [-0.3, -0.25) is 4.79 Å². The lowest BCUT2D eigenvalue weighted by atomic mass is 10.1. The Bertz CT molecular complexity index is 776. The second-order valence-corrected chi connectivity index (χ2v) is 7.37. The Morgan fingerprint density at radius 3 is 2.85 bits per heavy atom. The van der Waals surface area contributed by atoms with Crippen molar-refractivity contribution in [3.05, 3.63) is 41.3 Å². The fourth-order valence-electron chi connectivity index (χ4n) is 3.84. The Kier molecular flexibility index (Phi) is 4.98. The van der Waals surface area contributed by atoms with Crippen molar-refractivity contribution in [3.8, 4) is 11.3 Å². The number of ether oxygens (including phenoxy) is 1. The average Bonchev–Trinajstić information content (AvgIpc) is 3.40. The Hall–Kier alpha value is -1.89. The SMILES string of the molecule is NC[C@H]1CC[C@@H](C(=O)N2CCCC2c2ncc(-c3ccc(Cl)cc3)[nH]2)O1. The van der Waals surface area contributed by atoms with E-state index < -0.39 is 0 Å². The Labute approximate surface area is 157 Å². The summed E-state index contributed by atoms with van der Waals surface area (Å²) in [6.07, 6.45) is 4.94. The number of hydrogen-bond acceptors (Lipinski definition) is 4. The van der Waals surface area contributed by atoms with E-state index in [0.29, 0.717) is 11.6 Å². The summed E-state index contributed by atoms with van der Waals surface area (Å²) in [6, 6.07) is 7.60. The van der Waals surface area contributed by atoms with Gasteiger partial charge in [-0.05, 0) is 43.4 Å². The van der Waals surface area contributed by atoms with Gasteiger partial charge in [0.2, 0.25) is 0 Å². The highest BCUT2D eigenvalue weighted by molar-refractivity contribution is 6.30. The summed E-state index contributed by atoms with van der Waals surface area (Å²) in [4.78, 5) is 22.7. The molecule has 7 heteroatoms. The van der Waals surface area contributed by atoms with Crippen LogP contribution in [0.4, 0.5) is 0 Å². The van der Waals surface area contributed by atoms with Crippen LogP contribution in [0.2, 0.25) is 5.02 Å². The molecule has 3 atom stereocenters. The number of carbonyl (C=O) groups is 1. The number of likely N-dealkylation sites (tertiary alicyclic amines) is 1. The van der Waals surface area contributed by atoms with E-state index in [4.69, 9.17) is 22.1 Å². The number of hydrogen-bond donors (Lipinski definition) is 2. The molecule has 1 unspecified atom stereocenters. The molecule has 26 heavy (non-hydrogen) atoms. The van der Waals surface area contributed by atoms with E-state index in [1.54, 1.807) is 0 Å². The number of aromatic nitrogens is 2. The van der Waals surface area contributed by atoms with Crippen LogP contribution in [-0.4, -0.2) is 46.1 Å². The van der Waals surface area contributed by atoms with Crippen molar-refractivity contribution in [2.24, 2.45) is 5.73 Å². The van der Waals surface area contributed by atoms with E-state index in [9.17, 15) is 4.79 Å². The van der Waals surface area contributed by atoms with Gasteiger partial charge in [0.15, 0.2) is 0 Å². The maximum absolute atomic E-state index is 12.9. The molecule has 0 bridgehead atoms. The Balaban J connectivity index is 1.50. The van der Waals surface area contributed by atoms with E-state index in [1.807, 2.05) is 35.4 Å². The highest BCUT2D eigenvalue weighted by atomic mass is 35.5. The van der Waals surface area contributed by atoms with Crippen molar-refractivity contribution in [2.45, 2.75) is 43.9 Å². The van der Waals surface area contributed by atoms with Gasteiger partial charge in [-0.15, -0.1) is 0 Å². The minimum atomic E-state index is -0.366. The molecular weight excluding hydrogens is 352 g/mol. The third-order valence-corrected chi connectivity index (χ3v) is 5.50. The molecule has 0 radical (unpaired) electrons. The molecule has 2 fully saturated rings. The van der Waals surface area contributed by atoms with E-state index in [-0.39, 0.29) is 24.2 Å². The first-order chi connectivity index (χ1) is 12.7. The van der Waals surface area contributed by atoms with Crippen LogP contribution in [0.15, 0.2) is 30.5 Å². The normalized spacial score (nSPS) is 25.8. The average molecular weight is 375 g/mol. The molecule has 0 spiro atoms. The number of imidazole rings is 1. The van der Waals surface area contributed by atoms with Crippen molar-refractivity contribution in [1.82, 2.24) is 14.9 Å². The maximum atomic E-state index is 12.9. The molecule has 6 nitrogen and oxygen atoms in total. The third kappa shape index (κ3) is 3.37. The topological polar surface area (TPSA) is 84.2 Å². The van der Waals surface area contributed by atoms with Crippen LogP contribution in [0.1, 0.15) is 37.5 Å². The highest BCUT2D eigenvalue weighted by Gasteiger charge is 2.39. The minimum absolute atomic E-state index is 0.00474. The summed E-state index contributed by atoms with van der Waals surface area (Å²) in [5.41, 5.74) is 7.61. The molecule has 2 aliphatic rings. The molecule has 3 N–H and O–H groups in total. The zero-order valence-electron chi connectivity index (χ0n) is 14.5. The number of nitrogens with zero attached hydrogens (tertiary/aromatic N) is 2. The molecular formula is C19H23ClN4O2. The lowest BCUT2D eigenvalue weighted by molar-refractivity contribution is -0.143. The van der Waals surface area contributed by atoms with E-state index in [0.717, 1.165) is 49.3 Å². The van der Waals surface area contributed by atoms with Crippen molar-refractivity contribution in [2.75, 3.05) is 13.1 Å². The molecule has 0 saturated carbocycles. The van der Waals surface area contributed by atoms with Gasteiger partial charge in [-0.25, -0.2) is 4.98 Å². The summed E-state index contributed by atoms with van der Waals surface area (Å²) >= 11 is 5.96. The number of aromatic amines is 1.